The Kier molecular flexibility index (Phi) is 4.23. The first-order valence-electron chi connectivity index (χ1n) is 16.7. The lowest BCUT2D eigenvalue weighted by molar-refractivity contribution is 0.753. The Morgan fingerprint density at radius 2 is 1.15 bits per heavy atom. The van der Waals surface area contributed by atoms with E-state index in [0.717, 1.165) is 0 Å². The van der Waals surface area contributed by atoms with Crippen molar-refractivity contribution in [2.24, 2.45) is 0 Å². The number of nitrogens with zero attached hydrogens (tertiary/aromatic N) is 2. The molecule has 12 rings (SSSR count). The molecule has 4 heterocycles. The van der Waals surface area contributed by atoms with E-state index < -0.39 is 5.41 Å². The van der Waals surface area contributed by atoms with Crippen molar-refractivity contribution in [3.8, 4) is 22.3 Å². The highest BCUT2D eigenvalue weighted by atomic mass is 15.2. The van der Waals surface area contributed by atoms with Crippen molar-refractivity contribution in [1.82, 2.24) is 4.48 Å². The van der Waals surface area contributed by atoms with Crippen molar-refractivity contribution >= 4 is 56.6 Å². The maximum Gasteiger partial charge on any atom is 0.333 e. The monoisotopic (exact) mass is 594 g/mol. The van der Waals surface area contributed by atoms with E-state index in [1.807, 2.05) is 0 Å². The molecule has 216 valence electrons. The number of aryl methyl sites for hydroxylation is 1. The van der Waals surface area contributed by atoms with E-state index in [2.05, 4.69) is 162 Å². The first-order valence-corrected chi connectivity index (χ1v) is 16.7. The van der Waals surface area contributed by atoms with Crippen LogP contribution in [-0.4, -0.2) is 11.3 Å². The highest BCUT2D eigenvalue weighted by Gasteiger charge is 2.54. The van der Waals surface area contributed by atoms with E-state index in [1.54, 1.807) is 0 Å². The second-order valence-corrected chi connectivity index (χ2v) is 13.7. The van der Waals surface area contributed by atoms with Gasteiger partial charge >= 0.3 is 6.85 Å². The van der Waals surface area contributed by atoms with Gasteiger partial charge in [-0.1, -0.05) is 127 Å². The Balaban J connectivity index is 1.30. The Hall–Kier alpha value is -5.80. The lowest BCUT2D eigenvalue weighted by atomic mass is 9.44. The largest absolute Gasteiger partial charge is 0.375 e. The fourth-order valence-corrected chi connectivity index (χ4v) is 10.1. The smallest absolute Gasteiger partial charge is 0.333 e. The van der Waals surface area contributed by atoms with Gasteiger partial charge in [0.1, 0.15) is 0 Å². The van der Waals surface area contributed by atoms with Gasteiger partial charge in [-0.15, -0.1) is 0 Å². The van der Waals surface area contributed by atoms with E-state index in [1.165, 1.54) is 99.9 Å². The summed E-state index contributed by atoms with van der Waals surface area (Å²) < 4.78 is 2.66. The number of rotatable bonds is 0. The van der Waals surface area contributed by atoms with Crippen molar-refractivity contribution in [3.63, 3.8) is 0 Å². The number of aromatic nitrogens is 1. The molecule has 0 radical (unpaired) electrons. The third-order valence-electron chi connectivity index (χ3n) is 11.6. The van der Waals surface area contributed by atoms with Crippen LogP contribution < -0.4 is 15.8 Å². The van der Waals surface area contributed by atoms with Gasteiger partial charge in [0.2, 0.25) is 0 Å². The molecule has 3 aliphatic heterocycles. The van der Waals surface area contributed by atoms with Crippen LogP contribution in [0.5, 0.6) is 0 Å². The summed E-state index contributed by atoms with van der Waals surface area (Å²) in [4.78, 5) is 2.62. The SMILES string of the molecule is Cc1cc2c3c(c1)N1c4ccccc4C4(c5ccccc5-c5ccccc54)c4cccc(c41)B3n1c3ccccc3c3cccc-2c31. The molecule has 0 N–H and O–H groups in total. The minimum atomic E-state index is -0.420. The first-order chi connectivity index (χ1) is 23.3. The van der Waals surface area contributed by atoms with Gasteiger partial charge in [0.05, 0.1) is 11.1 Å². The molecule has 0 atom stereocenters. The third kappa shape index (κ3) is 2.60. The van der Waals surface area contributed by atoms with Crippen molar-refractivity contribution in [3.05, 3.63) is 173 Å². The van der Waals surface area contributed by atoms with Crippen molar-refractivity contribution < 1.29 is 0 Å². The van der Waals surface area contributed by atoms with Gasteiger partial charge < -0.3 is 9.38 Å². The molecule has 3 heteroatoms. The molecule has 0 unspecified atom stereocenters. The highest BCUT2D eigenvalue weighted by Crippen LogP contribution is 2.63. The molecule has 1 spiro atoms. The number of hydrogen-bond acceptors (Lipinski definition) is 1. The zero-order valence-electron chi connectivity index (χ0n) is 25.8. The topological polar surface area (TPSA) is 8.17 Å². The number of anilines is 3. The summed E-state index contributed by atoms with van der Waals surface area (Å²) in [6, 6.07) is 55.3. The van der Waals surface area contributed by atoms with Crippen LogP contribution >= 0.6 is 0 Å². The van der Waals surface area contributed by atoms with Crippen molar-refractivity contribution in [1.29, 1.82) is 0 Å². The maximum atomic E-state index is 2.66. The van der Waals surface area contributed by atoms with E-state index in [-0.39, 0.29) is 6.85 Å². The number of benzene rings is 7. The van der Waals surface area contributed by atoms with Crippen LogP contribution in [-0.2, 0) is 5.41 Å². The molecule has 0 saturated heterocycles. The quantitative estimate of drug-likeness (QED) is 0.159. The van der Waals surface area contributed by atoms with Crippen LogP contribution in [0.2, 0.25) is 0 Å². The molecular weight excluding hydrogens is 567 g/mol. The fourth-order valence-electron chi connectivity index (χ4n) is 10.1. The van der Waals surface area contributed by atoms with Crippen molar-refractivity contribution in [2.45, 2.75) is 12.3 Å². The van der Waals surface area contributed by atoms with Crippen molar-refractivity contribution in [2.75, 3.05) is 4.90 Å². The Bertz CT molecular complexity index is 2690. The Morgan fingerprint density at radius 1 is 0.511 bits per heavy atom. The van der Waals surface area contributed by atoms with Crippen LogP contribution in [0.3, 0.4) is 0 Å². The molecule has 2 nitrogen and oxygen atoms in total. The summed E-state index contributed by atoms with van der Waals surface area (Å²) in [6.07, 6.45) is 0. The number of para-hydroxylation sites is 4. The molecule has 47 heavy (non-hydrogen) atoms. The minimum absolute atomic E-state index is 0.0540. The summed E-state index contributed by atoms with van der Waals surface area (Å²) in [5.41, 5.74) is 21.0. The molecule has 4 aliphatic rings. The molecule has 0 saturated carbocycles. The molecule has 8 aromatic rings. The second-order valence-electron chi connectivity index (χ2n) is 13.7. The third-order valence-corrected chi connectivity index (χ3v) is 11.6. The maximum absolute atomic E-state index is 2.66. The van der Waals surface area contributed by atoms with Gasteiger partial charge in [-0.05, 0) is 80.6 Å². The van der Waals surface area contributed by atoms with E-state index >= 15 is 0 Å². The van der Waals surface area contributed by atoms with E-state index in [4.69, 9.17) is 0 Å². The van der Waals surface area contributed by atoms with Gasteiger partial charge in [-0.2, -0.15) is 0 Å². The molecule has 1 aliphatic carbocycles. The average Bonchev–Trinajstić information content (AvgIpc) is 3.61. The summed E-state index contributed by atoms with van der Waals surface area (Å²) in [6.45, 7) is 2.32. The predicted octanol–water partition coefficient (Wildman–Crippen LogP) is 9.20. The molecule has 0 bridgehead atoms. The lowest BCUT2D eigenvalue weighted by Crippen LogP contribution is -2.58. The summed E-state index contributed by atoms with van der Waals surface area (Å²) in [5.74, 6) is 0. The Morgan fingerprint density at radius 3 is 1.98 bits per heavy atom. The van der Waals surface area contributed by atoms with Crippen LogP contribution in [0.1, 0.15) is 27.8 Å². The molecule has 0 amide bonds. The predicted molar refractivity (Wildman–Crippen MR) is 196 cm³/mol. The molecule has 7 aromatic carbocycles. The number of hydrogen-bond donors (Lipinski definition) is 0. The van der Waals surface area contributed by atoms with Gasteiger partial charge in [-0.3, -0.25) is 0 Å². The minimum Gasteiger partial charge on any atom is -0.375 e. The molecule has 1 aromatic heterocycles. The van der Waals surface area contributed by atoms with Crippen LogP contribution in [0.4, 0.5) is 17.1 Å². The summed E-state index contributed by atoms with van der Waals surface area (Å²) in [7, 11) is 0. The zero-order valence-corrected chi connectivity index (χ0v) is 25.8. The summed E-state index contributed by atoms with van der Waals surface area (Å²) in [5, 5.41) is 2.66. The first kappa shape index (κ1) is 24.4. The lowest BCUT2D eigenvalue weighted by Gasteiger charge is -2.49. The van der Waals surface area contributed by atoms with Gasteiger partial charge in [0.15, 0.2) is 0 Å². The number of fused-ring (bicyclic) bond motifs is 16. The van der Waals surface area contributed by atoms with Crippen LogP contribution in [0.25, 0.3) is 44.1 Å². The standard InChI is InChI=1S/C44H27BN2/c1-26-24-32-31-16-10-15-30-29-14-4-8-22-38(29)47(42(30)31)45-37-21-11-20-36-43(37)46(40(25-26)41(32)45)39-23-9-7-19-35(39)44(36)33-17-5-2-12-27(33)28-13-3-6-18-34(28)44/h2-25H,1H3. The van der Waals surface area contributed by atoms with Gasteiger partial charge in [0, 0.05) is 38.7 Å². The second kappa shape index (κ2) is 8.13. The van der Waals surface area contributed by atoms with E-state index in [0.29, 0.717) is 0 Å². The van der Waals surface area contributed by atoms with Gasteiger partial charge in [-0.25, -0.2) is 0 Å². The zero-order chi connectivity index (χ0) is 30.6. The Labute approximate surface area is 273 Å². The average molecular weight is 595 g/mol. The normalized spacial score (nSPS) is 15.0. The molecular formula is C44H27BN2. The fraction of sp³-hybridized carbons (Fsp3) is 0.0455. The van der Waals surface area contributed by atoms with Crippen LogP contribution in [0.15, 0.2) is 146 Å². The highest BCUT2D eigenvalue weighted by molar-refractivity contribution is 6.90. The summed E-state index contributed by atoms with van der Waals surface area (Å²) >= 11 is 0. The van der Waals surface area contributed by atoms with E-state index in [9.17, 15) is 0 Å². The molecule has 0 fully saturated rings. The van der Waals surface area contributed by atoms with Gasteiger partial charge in [0.25, 0.3) is 0 Å². The van der Waals surface area contributed by atoms with Crippen LogP contribution in [0, 0.1) is 6.92 Å².